The molecule has 0 saturated carbocycles. The summed E-state index contributed by atoms with van der Waals surface area (Å²) in [5.41, 5.74) is 1.12. The molecule has 118 valence electrons. The highest BCUT2D eigenvalue weighted by molar-refractivity contribution is 7.17. The Morgan fingerprint density at radius 3 is 2.45 bits per heavy atom. The van der Waals surface area contributed by atoms with Gasteiger partial charge in [0.1, 0.15) is 5.75 Å². The second-order valence-corrected chi connectivity index (χ2v) is 6.78. The molecule has 1 aromatic heterocycles. The van der Waals surface area contributed by atoms with Crippen LogP contribution in [0.25, 0.3) is 0 Å². The molecule has 0 bridgehead atoms. The Kier molecular flexibility index (Phi) is 5.83. The number of hydrogen-bond acceptors (Lipinski definition) is 4. The van der Waals surface area contributed by atoms with E-state index < -0.39 is 0 Å². The predicted molar refractivity (Wildman–Crippen MR) is 91.1 cm³/mol. The number of hydrogen-bond donors (Lipinski definition) is 1. The van der Waals surface area contributed by atoms with E-state index in [-0.39, 0.29) is 11.9 Å². The smallest absolute Gasteiger partial charge is 0.261 e. The van der Waals surface area contributed by atoms with Gasteiger partial charge in [-0.2, -0.15) is 0 Å². The maximum absolute atomic E-state index is 12.1. The number of halogens is 1. The molecule has 1 aromatic carbocycles. The molecule has 1 N–H and O–H groups in total. The number of thiophene rings is 1. The van der Waals surface area contributed by atoms with Gasteiger partial charge in [0.25, 0.3) is 5.91 Å². The highest BCUT2D eigenvalue weighted by Crippen LogP contribution is 2.23. The van der Waals surface area contributed by atoms with Crippen molar-refractivity contribution in [3.05, 3.63) is 51.2 Å². The Morgan fingerprint density at radius 2 is 1.95 bits per heavy atom. The topological polar surface area (TPSA) is 41.6 Å². The maximum Gasteiger partial charge on any atom is 0.261 e. The molecule has 0 aliphatic heterocycles. The van der Waals surface area contributed by atoms with E-state index in [0.717, 1.165) is 11.3 Å². The normalized spacial score (nSPS) is 12.2. The fourth-order valence-electron chi connectivity index (χ4n) is 2.14. The van der Waals surface area contributed by atoms with Crippen LogP contribution in [-0.2, 0) is 0 Å². The van der Waals surface area contributed by atoms with Gasteiger partial charge >= 0.3 is 0 Å². The van der Waals surface area contributed by atoms with Crippen LogP contribution in [0.15, 0.2) is 36.4 Å². The molecular weight excluding hydrogens is 320 g/mol. The van der Waals surface area contributed by atoms with Crippen LogP contribution >= 0.6 is 22.9 Å². The minimum atomic E-state index is -0.0998. The first-order chi connectivity index (χ1) is 10.5. The third-order valence-corrected chi connectivity index (χ3v) is 4.61. The molecule has 0 radical (unpaired) electrons. The second kappa shape index (κ2) is 7.63. The minimum absolute atomic E-state index is 0.0882. The van der Waals surface area contributed by atoms with E-state index in [9.17, 15) is 4.79 Å². The van der Waals surface area contributed by atoms with E-state index in [2.05, 4.69) is 10.2 Å². The van der Waals surface area contributed by atoms with Crippen molar-refractivity contribution in [2.45, 2.75) is 6.04 Å². The third-order valence-electron chi connectivity index (χ3n) is 3.38. The molecule has 0 spiro atoms. The van der Waals surface area contributed by atoms with Gasteiger partial charge in [-0.25, -0.2) is 0 Å². The summed E-state index contributed by atoms with van der Waals surface area (Å²) in [6, 6.07) is 11.4. The molecule has 6 heteroatoms. The Balaban J connectivity index is 2.03. The van der Waals surface area contributed by atoms with Crippen molar-refractivity contribution in [3.8, 4) is 5.75 Å². The molecule has 0 aliphatic carbocycles. The molecule has 4 nitrogen and oxygen atoms in total. The number of ether oxygens (including phenoxy) is 1. The number of nitrogens with zero attached hydrogens (tertiary/aromatic N) is 1. The molecule has 1 amide bonds. The molecular formula is C16H19ClN2O2S. The summed E-state index contributed by atoms with van der Waals surface area (Å²) in [4.78, 5) is 14.8. The zero-order chi connectivity index (χ0) is 16.1. The number of carbonyl (C=O) groups is 1. The summed E-state index contributed by atoms with van der Waals surface area (Å²) in [6.07, 6.45) is 0. The van der Waals surface area contributed by atoms with Gasteiger partial charge < -0.3 is 15.0 Å². The van der Waals surface area contributed by atoms with Gasteiger partial charge in [0.2, 0.25) is 0 Å². The molecule has 0 saturated heterocycles. The van der Waals surface area contributed by atoms with Crippen molar-refractivity contribution in [3.63, 3.8) is 0 Å². The summed E-state index contributed by atoms with van der Waals surface area (Å²) in [5, 5.41) is 2.96. The number of rotatable bonds is 6. The number of carbonyl (C=O) groups excluding carboxylic acids is 1. The van der Waals surface area contributed by atoms with Gasteiger partial charge in [0.15, 0.2) is 0 Å². The lowest BCUT2D eigenvalue weighted by molar-refractivity contribution is 0.0946. The van der Waals surface area contributed by atoms with Crippen molar-refractivity contribution in [2.75, 3.05) is 27.7 Å². The predicted octanol–water partition coefficient (Wildman–Crippen LogP) is 3.44. The molecule has 1 atom stereocenters. The number of amides is 1. The van der Waals surface area contributed by atoms with Gasteiger partial charge in [-0.15, -0.1) is 11.3 Å². The van der Waals surface area contributed by atoms with Crippen LogP contribution in [0.5, 0.6) is 5.75 Å². The maximum atomic E-state index is 12.1. The highest BCUT2D eigenvalue weighted by Gasteiger charge is 2.16. The van der Waals surface area contributed by atoms with Gasteiger partial charge in [0.05, 0.1) is 22.4 Å². The molecule has 0 aliphatic rings. The molecule has 0 fully saturated rings. The van der Waals surface area contributed by atoms with Crippen molar-refractivity contribution < 1.29 is 9.53 Å². The standard InChI is InChI=1S/C16H19ClN2O2S/c1-19(2)13(11-4-6-12(21-3)7-5-11)10-18-16(20)14-8-9-15(17)22-14/h4-9,13H,10H2,1-3H3,(H,18,20)/t13-/m1/s1. The van der Waals surface area contributed by atoms with Gasteiger partial charge in [-0.3, -0.25) is 4.79 Å². The lowest BCUT2D eigenvalue weighted by Gasteiger charge is -2.25. The second-order valence-electron chi connectivity index (χ2n) is 5.07. The van der Waals surface area contributed by atoms with Crippen molar-refractivity contribution in [1.82, 2.24) is 10.2 Å². The fourth-order valence-corrected chi connectivity index (χ4v) is 3.10. The Hall–Kier alpha value is -1.56. The molecule has 1 heterocycles. The molecule has 2 rings (SSSR count). The largest absolute Gasteiger partial charge is 0.497 e. The van der Waals surface area contributed by atoms with E-state index >= 15 is 0 Å². The first kappa shape index (κ1) is 16.8. The van der Waals surface area contributed by atoms with E-state index in [0.29, 0.717) is 15.8 Å². The van der Waals surface area contributed by atoms with Gasteiger partial charge in [-0.05, 0) is 43.9 Å². The summed E-state index contributed by atoms with van der Waals surface area (Å²) in [6.45, 7) is 0.522. The SMILES string of the molecule is COc1ccc([C@@H](CNC(=O)c2ccc(Cl)s2)N(C)C)cc1. The lowest BCUT2D eigenvalue weighted by atomic mass is 10.1. The zero-order valence-electron chi connectivity index (χ0n) is 12.8. The monoisotopic (exact) mass is 338 g/mol. The molecule has 22 heavy (non-hydrogen) atoms. The van der Waals surface area contributed by atoms with Crippen molar-refractivity contribution in [2.24, 2.45) is 0 Å². The Morgan fingerprint density at radius 1 is 1.27 bits per heavy atom. The first-order valence-corrected chi connectivity index (χ1v) is 8.04. The van der Waals surface area contributed by atoms with Crippen LogP contribution in [0.1, 0.15) is 21.3 Å². The van der Waals surface area contributed by atoms with Crippen LogP contribution in [0.4, 0.5) is 0 Å². The highest BCUT2D eigenvalue weighted by atomic mass is 35.5. The summed E-state index contributed by atoms with van der Waals surface area (Å²) in [5.74, 6) is 0.718. The van der Waals surface area contributed by atoms with Crippen LogP contribution in [0, 0.1) is 0 Å². The average molecular weight is 339 g/mol. The number of likely N-dealkylation sites (N-methyl/N-ethyl adjacent to an activating group) is 1. The Bertz CT molecular complexity index is 625. The Labute approximate surface area is 139 Å². The minimum Gasteiger partial charge on any atom is -0.497 e. The van der Waals surface area contributed by atoms with Crippen molar-refractivity contribution >= 4 is 28.8 Å². The van der Waals surface area contributed by atoms with Crippen LogP contribution in [-0.4, -0.2) is 38.6 Å². The summed E-state index contributed by atoms with van der Waals surface area (Å²) < 4.78 is 5.79. The third kappa shape index (κ3) is 4.22. The van der Waals surface area contributed by atoms with Crippen LogP contribution < -0.4 is 10.1 Å². The van der Waals surface area contributed by atoms with E-state index in [1.807, 2.05) is 38.4 Å². The number of methoxy groups -OCH3 is 1. The van der Waals surface area contributed by atoms with E-state index in [1.165, 1.54) is 11.3 Å². The van der Waals surface area contributed by atoms with E-state index in [1.54, 1.807) is 19.2 Å². The summed E-state index contributed by atoms with van der Waals surface area (Å²) >= 11 is 7.14. The van der Waals surface area contributed by atoms with Gasteiger partial charge in [-0.1, -0.05) is 23.7 Å². The zero-order valence-corrected chi connectivity index (χ0v) is 14.4. The van der Waals surface area contributed by atoms with Crippen LogP contribution in [0.3, 0.4) is 0 Å². The van der Waals surface area contributed by atoms with Gasteiger partial charge in [0, 0.05) is 6.54 Å². The first-order valence-electron chi connectivity index (χ1n) is 6.85. The lowest BCUT2D eigenvalue weighted by Crippen LogP contribution is -2.34. The quantitative estimate of drug-likeness (QED) is 0.877. The number of nitrogens with one attached hydrogen (secondary N) is 1. The average Bonchev–Trinajstić information content (AvgIpc) is 2.94. The van der Waals surface area contributed by atoms with Crippen molar-refractivity contribution in [1.29, 1.82) is 0 Å². The van der Waals surface area contributed by atoms with E-state index in [4.69, 9.17) is 16.3 Å². The summed E-state index contributed by atoms with van der Waals surface area (Å²) in [7, 11) is 5.62. The van der Waals surface area contributed by atoms with Crippen LogP contribution in [0.2, 0.25) is 4.34 Å². The molecule has 0 unspecified atom stereocenters. The molecule has 2 aromatic rings. The number of benzene rings is 1. The fraction of sp³-hybridized carbons (Fsp3) is 0.312.